The normalized spacial score (nSPS) is 26.3. The van der Waals surface area contributed by atoms with Gasteiger partial charge in [-0.15, -0.1) is 0 Å². The molecule has 0 unspecified atom stereocenters. The number of ether oxygens (including phenoxy) is 2. The van der Waals surface area contributed by atoms with Crippen LogP contribution in [0.5, 0.6) is 11.6 Å². The lowest BCUT2D eigenvalue weighted by Gasteiger charge is -2.51. The van der Waals surface area contributed by atoms with E-state index in [2.05, 4.69) is 60.4 Å². The second-order valence-electron chi connectivity index (χ2n) is 12.4. The molecule has 11 heteroatoms. The summed E-state index contributed by atoms with van der Waals surface area (Å²) in [6.07, 6.45) is -1.80. The molecule has 1 N–H and O–H groups in total. The van der Waals surface area contributed by atoms with Crippen molar-refractivity contribution < 1.29 is 27.5 Å². The molecule has 0 saturated carbocycles. The van der Waals surface area contributed by atoms with Crippen LogP contribution in [0.4, 0.5) is 0 Å². The number of rotatable bonds is 7. The number of hydrogen-bond donors (Lipinski definition) is 1. The van der Waals surface area contributed by atoms with E-state index in [-0.39, 0.29) is 34.7 Å². The summed E-state index contributed by atoms with van der Waals surface area (Å²) in [6, 6.07) is 7.47. The fraction of sp³-hybridized carbons (Fsp3) is 0.655. The Morgan fingerprint density at radius 1 is 0.975 bits per heavy atom. The van der Waals surface area contributed by atoms with Gasteiger partial charge < -0.3 is 27.5 Å². The van der Waals surface area contributed by atoms with Crippen LogP contribution in [-0.2, 0) is 17.7 Å². The molecule has 0 spiro atoms. The third-order valence-electron chi connectivity index (χ3n) is 8.28. The number of nitrogens with zero attached hydrogens (tertiary/aromatic N) is 2. The topological polar surface area (TPSA) is 101 Å². The van der Waals surface area contributed by atoms with Gasteiger partial charge in [0.15, 0.2) is 6.23 Å². The van der Waals surface area contributed by atoms with Crippen LogP contribution in [0.1, 0.15) is 72.7 Å². The van der Waals surface area contributed by atoms with Gasteiger partial charge in [-0.05, 0) is 53.2 Å². The van der Waals surface area contributed by atoms with Crippen molar-refractivity contribution in [2.45, 2.75) is 116 Å². The minimum Gasteiger partial charge on any atom is -0.439 e. The Kier molecular flexibility index (Phi) is 9.16. The first-order valence-electron chi connectivity index (χ1n) is 14.4. The van der Waals surface area contributed by atoms with Crippen molar-refractivity contribution in [1.82, 2.24) is 9.55 Å². The number of aryl methyl sites for hydroxylation is 2. The SMILES string of the molecule is Cc1ccc(C)c(Oc2ccn([C@@H]3O[C@@H]4CO[Si](C(C)C)(C(C)C)O[Si](C(C)C)(C(C)C)O[C@H]4[C@H]3O)c(=O)n2)c1. The lowest BCUT2D eigenvalue weighted by atomic mass is 10.1. The van der Waals surface area contributed by atoms with E-state index in [0.717, 1.165) is 11.1 Å². The first kappa shape index (κ1) is 31.1. The summed E-state index contributed by atoms with van der Waals surface area (Å²) >= 11 is 0. The van der Waals surface area contributed by atoms with E-state index >= 15 is 0 Å². The molecule has 2 saturated heterocycles. The lowest BCUT2D eigenvalue weighted by molar-refractivity contribution is -0.0601. The highest BCUT2D eigenvalue weighted by Gasteiger charge is 2.61. The molecular weight excluding hydrogens is 544 g/mol. The number of fused-ring (bicyclic) bond motifs is 1. The molecule has 0 aliphatic carbocycles. The van der Waals surface area contributed by atoms with E-state index in [4.69, 9.17) is 22.4 Å². The summed E-state index contributed by atoms with van der Waals surface area (Å²) in [7, 11) is -5.69. The van der Waals surface area contributed by atoms with Gasteiger partial charge in [0.25, 0.3) is 0 Å². The van der Waals surface area contributed by atoms with Crippen molar-refractivity contribution in [3.63, 3.8) is 0 Å². The first-order valence-corrected chi connectivity index (χ1v) is 18.4. The average Bonchev–Trinajstić information content (AvgIpc) is 3.15. The molecule has 3 heterocycles. The van der Waals surface area contributed by atoms with Gasteiger partial charge in [0, 0.05) is 12.3 Å². The molecule has 40 heavy (non-hydrogen) atoms. The Hall–Kier alpha value is -1.87. The number of aliphatic hydroxyl groups is 1. The van der Waals surface area contributed by atoms with Crippen molar-refractivity contribution in [3.8, 4) is 11.6 Å². The molecule has 9 nitrogen and oxygen atoms in total. The zero-order valence-corrected chi connectivity index (χ0v) is 27.5. The van der Waals surface area contributed by atoms with Crippen LogP contribution >= 0.6 is 0 Å². The smallest absolute Gasteiger partial charge is 0.353 e. The van der Waals surface area contributed by atoms with Crippen molar-refractivity contribution >= 4 is 17.1 Å². The molecule has 2 aromatic rings. The van der Waals surface area contributed by atoms with Gasteiger partial charge in [0.1, 0.15) is 24.1 Å². The molecule has 2 aliphatic rings. The highest BCUT2D eigenvalue weighted by molar-refractivity contribution is 6.84. The fourth-order valence-electron chi connectivity index (χ4n) is 5.94. The van der Waals surface area contributed by atoms with Crippen LogP contribution in [0.3, 0.4) is 0 Å². The second kappa shape index (κ2) is 11.8. The number of aromatic nitrogens is 2. The molecule has 4 atom stereocenters. The number of hydrogen-bond acceptors (Lipinski definition) is 8. The van der Waals surface area contributed by atoms with Gasteiger partial charge in [0.05, 0.1) is 6.61 Å². The second-order valence-corrected chi connectivity index (χ2v) is 21.3. The largest absolute Gasteiger partial charge is 0.439 e. The maximum atomic E-state index is 13.2. The fourth-order valence-corrected chi connectivity index (χ4v) is 17.2. The maximum Gasteiger partial charge on any atom is 0.353 e. The molecule has 2 fully saturated rings. The van der Waals surface area contributed by atoms with Crippen molar-refractivity contribution in [3.05, 3.63) is 52.1 Å². The summed E-state index contributed by atoms with van der Waals surface area (Å²) in [4.78, 5) is 17.3. The third-order valence-corrected chi connectivity index (χ3v) is 18.5. The van der Waals surface area contributed by atoms with E-state index in [1.807, 2.05) is 32.0 Å². The summed E-state index contributed by atoms with van der Waals surface area (Å²) in [5.41, 5.74) is 2.00. The quantitative estimate of drug-likeness (QED) is 0.400. The van der Waals surface area contributed by atoms with Gasteiger partial charge in [-0.2, -0.15) is 4.98 Å². The highest BCUT2D eigenvalue weighted by atomic mass is 28.5. The zero-order valence-electron chi connectivity index (χ0n) is 25.5. The predicted molar refractivity (Wildman–Crippen MR) is 158 cm³/mol. The van der Waals surface area contributed by atoms with Crippen LogP contribution in [-0.4, -0.2) is 56.7 Å². The molecule has 1 aromatic carbocycles. The van der Waals surface area contributed by atoms with Crippen LogP contribution in [0.2, 0.25) is 22.2 Å². The predicted octanol–water partition coefficient (Wildman–Crippen LogP) is 5.87. The standard InChI is InChI=1S/C29H46N2O7Si2/c1-17(2)39(18(3)4)34-16-24-27(37-40(38-39,19(5)6)20(7)8)26(32)28(36-24)31-14-13-25(30-29(31)33)35-23-15-21(9)11-12-22(23)10/h11-15,17-20,24,26-28,32H,16H2,1-10H3/t24-,26-,27-,28-/m1/s1. The Labute approximate surface area is 240 Å². The van der Waals surface area contributed by atoms with Crippen molar-refractivity contribution in [2.75, 3.05) is 6.61 Å². The highest BCUT2D eigenvalue weighted by Crippen LogP contribution is 2.48. The Balaban J connectivity index is 1.67. The van der Waals surface area contributed by atoms with E-state index in [1.165, 1.54) is 4.57 Å². The minimum atomic E-state index is -2.94. The lowest BCUT2D eigenvalue weighted by Crippen LogP contribution is -2.65. The van der Waals surface area contributed by atoms with Crippen LogP contribution in [0, 0.1) is 13.8 Å². The molecule has 222 valence electrons. The number of benzene rings is 1. The van der Waals surface area contributed by atoms with Crippen LogP contribution < -0.4 is 10.4 Å². The van der Waals surface area contributed by atoms with E-state index in [1.54, 1.807) is 12.3 Å². The summed E-state index contributed by atoms with van der Waals surface area (Å²) in [5, 5.41) is 11.5. The summed E-state index contributed by atoms with van der Waals surface area (Å²) < 4.78 is 34.5. The van der Waals surface area contributed by atoms with Gasteiger partial charge in [-0.1, -0.05) is 67.5 Å². The number of aliphatic hydroxyl groups excluding tert-OH is 1. The van der Waals surface area contributed by atoms with Crippen LogP contribution in [0.25, 0.3) is 0 Å². The summed E-state index contributed by atoms with van der Waals surface area (Å²) in [5.74, 6) is 0.814. The van der Waals surface area contributed by atoms with Gasteiger partial charge in [-0.3, -0.25) is 4.57 Å². The Bertz CT molecular complexity index is 1230. The first-order chi connectivity index (χ1) is 18.7. The molecule has 0 amide bonds. The van der Waals surface area contributed by atoms with Gasteiger partial charge >= 0.3 is 22.8 Å². The summed E-state index contributed by atoms with van der Waals surface area (Å²) in [6.45, 7) is 21.3. The van der Waals surface area contributed by atoms with Crippen molar-refractivity contribution in [1.29, 1.82) is 0 Å². The average molecular weight is 591 g/mol. The molecule has 0 bridgehead atoms. The van der Waals surface area contributed by atoms with E-state index in [0.29, 0.717) is 5.75 Å². The Morgan fingerprint density at radius 2 is 1.60 bits per heavy atom. The Morgan fingerprint density at radius 3 is 2.17 bits per heavy atom. The molecule has 4 rings (SSSR count). The van der Waals surface area contributed by atoms with E-state index in [9.17, 15) is 9.90 Å². The van der Waals surface area contributed by atoms with Gasteiger partial charge in [0.2, 0.25) is 5.88 Å². The van der Waals surface area contributed by atoms with E-state index < -0.39 is 47.4 Å². The van der Waals surface area contributed by atoms with Crippen molar-refractivity contribution in [2.24, 2.45) is 0 Å². The maximum absolute atomic E-state index is 13.2. The molecule has 0 radical (unpaired) electrons. The third kappa shape index (κ3) is 5.61. The molecular formula is C29H46N2O7Si2. The zero-order chi connectivity index (χ0) is 29.6. The minimum absolute atomic E-state index is 0.108. The molecule has 2 aliphatic heterocycles. The van der Waals surface area contributed by atoms with Gasteiger partial charge in [-0.25, -0.2) is 4.79 Å². The molecule has 1 aromatic heterocycles. The van der Waals surface area contributed by atoms with Crippen LogP contribution in [0.15, 0.2) is 35.3 Å². The monoisotopic (exact) mass is 590 g/mol.